The minimum Gasteiger partial charge on any atom is -0.304 e. The van der Waals surface area contributed by atoms with Gasteiger partial charge in [0.1, 0.15) is 0 Å². The zero-order chi connectivity index (χ0) is 8.97. The molecule has 0 amide bonds. The van der Waals surface area contributed by atoms with Crippen molar-refractivity contribution in [3.05, 3.63) is 12.2 Å². The lowest BCUT2D eigenvalue weighted by molar-refractivity contribution is 0.210. The summed E-state index contributed by atoms with van der Waals surface area (Å²) in [4.78, 5) is 2.42. The Hall–Kier alpha value is -0.810. The van der Waals surface area contributed by atoms with Gasteiger partial charge in [-0.1, -0.05) is 13.5 Å². The lowest BCUT2D eigenvalue weighted by Gasteiger charge is -2.30. The monoisotopic (exact) mass is 164 g/mol. The summed E-state index contributed by atoms with van der Waals surface area (Å²) >= 11 is 0. The molecule has 0 aromatic heterocycles. The van der Waals surface area contributed by atoms with E-state index in [-0.39, 0.29) is 0 Å². The van der Waals surface area contributed by atoms with Crippen LogP contribution in [0.15, 0.2) is 12.2 Å². The fraction of sp³-hybridized carbons (Fsp3) is 0.700. The highest BCUT2D eigenvalue weighted by molar-refractivity contribution is 5.19. The van der Waals surface area contributed by atoms with Gasteiger partial charge in [0.25, 0.3) is 0 Å². The van der Waals surface area contributed by atoms with E-state index in [1.165, 1.54) is 0 Å². The molecule has 0 spiro atoms. The van der Waals surface area contributed by atoms with Gasteiger partial charge in [0.2, 0.25) is 0 Å². The van der Waals surface area contributed by atoms with Gasteiger partial charge in [-0.05, 0) is 38.4 Å². The van der Waals surface area contributed by atoms with Crippen LogP contribution in [-0.4, -0.2) is 24.5 Å². The summed E-state index contributed by atoms with van der Waals surface area (Å²) in [5.74, 6) is 0.456. The standard InChI is InChI=1S/C10H16N2/c1-3-12-6-4-10(5-7-12)9(2)8-11/h10H,2-7H2,1H3. The first-order valence-electron chi connectivity index (χ1n) is 4.59. The van der Waals surface area contributed by atoms with Crippen LogP contribution in [0.2, 0.25) is 0 Å². The molecule has 1 rings (SSSR count). The van der Waals surface area contributed by atoms with E-state index in [0.29, 0.717) is 5.92 Å². The van der Waals surface area contributed by atoms with Crippen LogP contribution in [-0.2, 0) is 0 Å². The van der Waals surface area contributed by atoms with Gasteiger partial charge in [-0.25, -0.2) is 0 Å². The SMILES string of the molecule is C=C(C#N)C1CCN(CC)CC1. The maximum Gasteiger partial charge on any atom is 0.0943 e. The fourth-order valence-corrected chi connectivity index (χ4v) is 1.69. The predicted molar refractivity (Wildman–Crippen MR) is 49.6 cm³/mol. The summed E-state index contributed by atoms with van der Waals surface area (Å²) in [6, 6.07) is 2.15. The lowest BCUT2D eigenvalue weighted by Crippen LogP contribution is -2.33. The van der Waals surface area contributed by atoms with Crippen LogP contribution in [0, 0.1) is 17.2 Å². The zero-order valence-corrected chi connectivity index (χ0v) is 7.71. The third-order valence-corrected chi connectivity index (χ3v) is 2.67. The van der Waals surface area contributed by atoms with Gasteiger partial charge in [-0.3, -0.25) is 0 Å². The minimum absolute atomic E-state index is 0.456. The maximum atomic E-state index is 8.65. The quantitative estimate of drug-likeness (QED) is 0.582. The molecule has 0 bridgehead atoms. The van der Waals surface area contributed by atoms with E-state index in [1.807, 2.05) is 0 Å². The number of piperidine rings is 1. The fourth-order valence-electron chi connectivity index (χ4n) is 1.69. The number of rotatable bonds is 2. The van der Waals surface area contributed by atoms with Crippen molar-refractivity contribution in [1.29, 1.82) is 5.26 Å². The Labute approximate surface area is 74.5 Å². The molecular weight excluding hydrogens is 148 g/mol. The van der Waals surface area contributed by atoms with Gasteiger partial charge >= 0.3 is 0 Å². The molecule has 2 heteroatoms. The van der Waals surface area contributed by atoms with Gasteiger partial charge in [0.15, 0.2) is 0 Å². The molecule has 1 fully saturated rings. The molecule has 1 saturated heterocycles. The van der Waals surface area contributed by atoms with Crippen molar-refractivity contribution in [1.82, 2.24) is 4.90 Å². The number of nitrogens with zero attached hydrogens (tertiary/aromatic N) is 2. The Kier molecular flexibility index (Phi) is 3.31. The van der Waals surface area contributed by atoms with Crippen LogP contribution < -0.4 is 0 Å². The molecule has 0 aromatic rings. The largest absolute Gasteiger partial charge is 0.304 e. The molecule has 66 valence electrons. The van der Waals surface area contributed by atoms with Crippen LogP contribution in [0.25, 0.3) is 0 Å². The van der Waals surface area contributed by atoms with E-state index in [4.69, 9.17) is 5.26 Å². The summed E-state index contributed by atoms with van der Waals surface area (Å²) in [7, 11) is 0. The molecule has 0 radical (unpaired) electrons. The number of hydrogen-bond acceptors (Lipinski definition) is 2. The second-order valence-electron chi connectivity index (χ2n) is 3.35. The predicted octanol–water partition coefficient (Wildman–Crippen LogP) is 1.80. The third-order valence-electron chi connectivity index (χ3n) is 2.67. The second kappa shape index (κ2) is 4.27. The number of hydrogen-bond donors (Lipinski definition) is 0. The van der Waals surface area contributed by atoms with E-state index >= 15 is 0 Å². The summed E-state index contributed by atoms with van der Waals surface area (Å²) in [5.41, 5.74) is 0.769. The average molecular weight is 164 g/mol. The van der Waals surface area contributed by atoms with Crippen LogP contribution in [0.1, 0.15) is 19.8 Å². The smallest absolute Gasteiger partial charge is 0.0943 e. The molecule has 0 atom stereocenters. The molecule has 0 aromatic carbocycles. The molecule has 0 unspecified atom stereocenters. The Morgan fingerprint density at radius 2 is 2.17 bits per heavy atom. The number of likely N-dealkylation sites (tertiary alicyclic amines) is 1. The lowest BCUT2D eigenvalue weighted by atomic mass is 9.91. The molecule has 2 nitrogen and oxygen atoms in total. The summed E-state index contributed by atoms with van der Waals surface area (Å²) in [5, 5.41) is 8.65. The second-order valence-corrected chi connectivity index (χ2v) is 3.35. The van der Waals surface area contributed by atoms with Crippen molar-refractivity contribution in [3.63, 3.8) is 0 Å². The van der Waals surface area contributed by atoms with Crippen LogP contribution in [0.3, 0.4) is 0 Å². The molecule has 0 N–H and O–H groups in total. The third kappa shape index (κ3) is 2.09. The number of nitriles is 1. The summed E-state index contributed by atoms with van der Waals surface area (Å²) in [6.45, 7) is 9.33. The topological polar surface area (TPSA) is 27.0 Å². The maximum absolute atomic E-state index is 8.65. The van der Waals surface area contributed by atoms with Gasteiger partial charge in [0.05, 0.1) is 6.07 Å². The van der Waals surface area contributed by atoms with E-state index in [0.717, 1.165) is 38.0 Å². The van der Waals surface area contributed by atoms with Crippen LogP contribution >= 0.6 is 0 Å². The first kappa shape index (κ1) is 9.28. The van der Waals surface area contributed by atoms with Crippen molar-refractivity contribution in [2.45, 2.75) is 19.8 Å². The molecule has 12 heavy (non-hydrogen) atoms. The number of allylic oxidation sites excluding steroid dienone is 1. The van der Waals surface area contributed by atoms with E-state index in [1.54, 1.807) is 0 Å². The van der Waals surface area contributed by atoms with Crippen molar-refractivity contribution in [2.75, 3.05) is 19.6 Å². The van der Waals surface area contributed by atoms with Gasteiger partial charge < -0.3 is 4.90 Å². The molecule has 0 saturated carbocycles. The van der Waals surface area contributed by atoms with Crippen molar-refractivity contribution in [3.8, 4) is 6.07 Å². The molecule has 1 aliphatic rings. The van der Waals surface area contributed by atoms with E-state index in [9.17, 15) is 0 Å². The Bertz CT molecular complexity index is 194. The molecule has 0 aliphatic carbocycles. The van der Waals surface area contributed by atoms with Crippen molar-refractivity contribution < 1.29 is 0 Å². The molecular formula is C10H16N2. The Morgan fingerprint density at radius 3 is 2.58 bits per heavy atom. The normalized spacial score (nSPS) is 20.3. The highest BCUT2D eigenvalue weighted by Crippen LogP contribution is 2.22. The van der Waals surface area contributed by atoms with Crippen molar-refractivity contribution >= 4 is 0 Å². The average Bonchev–Trinajstić information content (AvgIpc) is 2.17. The van der Waals surface area contributed by atoms with Crippen LogP contribution in [0.5, 0.6) is 0 Å². The van der Waals surface area contributed by atoms with Gasteiger partial charge in [-0.15, -0.1) is 0 Å². The van der Waals surface area contributed by atoms with Gasteiger partial charge in [-0.2, -0.15) is 5.26 Å². The first-order valence-corrected chi connectivity index (χ1v) is 4.59. The zero-order valence-electron chi connectivity index (χ0n) is 7.71. The van der Waals surface area contributed by atoms with Gasteiger partial charge in [0, 0.05) is 5.57 Å². The summed E-state index contributed by atoms with van der Waals surface area (Å²) < 4.78 is 0. The molecule has 1 heterocycles. The molecule has 1 aliphatic heterocycles. The summed E-state index contributed by atoms with van der Waals surface area (Å²) in [6.07, 6.45) is 2.22. The van der Waals surface area contributed by atoms with Crippen LogP contribution in [0.4, 0.5) is 0 Å². The van der Waals surface area contributed by atoms with Crippen molar-refractivity contribution in [2.24, 2.45) is 5.92 Å². The first-order chi connectivity index (χ1) is 5.77. The Morgan fingerprint density at radius 1 is 1.58 bits per heavy atom. The highest BCUT2D eigenvalue weighted by atomic mass is 15.1. The Balaban J connectivity index is 2.37. The highest BCUT2D eigenvalue weighted by Gasteiger charge is 2.19. The minimum atomic E-state index is 0.456. The van der Waals surface area contributed by atoms with E-state index < -0.39 is 0 Å². The van der Waals surface area contributed by atoms with E-state index in [2.05, 4.69) is 24.5 Å².